The van der Waals surface area contributed by atoms with Gasteiger partial charge in [0, 0.05) is 55.5 Å². The summed E-state index contributed by atoms with van der Waals surface area (Å²) < 4.78 is 13.6. The number of carbonyl (C=O) groups excluding carboxylic acids is 1. The first-order valence-electron chi connectivity index (χ1n) is 14.3. The van der Waals surface area contributed by atoms with Gasteiger partial charge in [0.25, 0.3) is 5.91 Å². The average Bonchev–Trinajstić information content (AvgIpc) is 3.67. The molecule has 6 rings (SSSR count). The molecule has 3 aromatic carbocycles. The molecule has 1 N–H and O–H groups in total. The second-order valence-electron chi connectivity index (χ2n) is 10.2. The van der Waals surface area contributed by atoms with E-state index in [9.17, 15) is 4.79 Å². The molecule has 1 spiro atoms. The molecule has 0 unspecified atom stereocenters. The van der Waals surface area contributed by atoms with Crippen LogP contribution in [0.2, 0.25) is 0 Å². The number of nitrogens with one attached hydrogen (secondary N) is 1. The van der Waals surface area contributed by atoms with Crippen LogP contribution in [0.5, 0.6) is 0 Å². The molecule has 41 heavy (non-hydrogen) atoms. The number of carbonyl (C=O) groups is 1. The predicted molar refractivity (Wildman–Crippen MR) is 163 cm³/mol. The summed E-state index contributed by atoms with van der Waals surface area (Å²) in [6.45, 7) is 8.12. The lowest BCUT2D eigenvalue weighted by molar-refractivity contribution is -0.185. The van der Waals surface area contributed by atoms with Gasteiger partial charge in [-0.1, -0.05) is 72.8 Å². The minimum Gasteiger partial charge on any atom is -0.347 e. The number of aromatic nitrogens is 2. The zero-order chi connectivity index (χ0) is 28.5. The molecule has 0 bridgehead atoms. The van der Waals surface area contributed by atoms with E-state index in [0.29, 0.717) is 24.7 Å². The first-order chi connectivity index (χ1) is 20.1. The normalized spacial score (nSPS) is 16.4. The Morgan fingerprint density at radius 3 is 2.10 bits per heavy atom. The van der Waals surface area contributed by atoms with E-state index in [0.717, 1.165) is 49.4 Å². The number of rotatable bonds is 6. The van der Waals surface area contributed by atoms with Crippen molar-refractivity contribution in [2.75, 3.05) is 31.6 Å². The summed E-state index contributed by atoms with van der Waals surface area (Å²) in [6, 6.07) is 27.7. The van der Waals surface area contributed by atoms with Crippen molar-refractivity contribution in [1.29, 1.82) is 0 Å². The summed E-state index contributed by atoms with van der Waals surface area (Å²) in [5, 5.41) is 3.02. The summed E-state index contributed by atoms with van der Waals surface area (Å²) in [5.74, 6) is -0.0632. The lowest BCUT2D eigenvalue weighted by Gasteiger charge is -2.37. The van der Waals surface area contributed by atoms with Crippen LogP contribution in [0.4, 0.5) is 5.95 Å². The van der Waals surface area contributed by atoms with Crippen LogP contribution in [0.1, 0.15) is 42.6 Å². The van der Waals surface area contributed by atoms with Crippen LogP contribution in [-0.2, 0) is 16.0 Å². The molecule has 212 valence electrons. The Kier molecular flexibility index (Phi) is 9.41. The highest BCUT2D eigenvalue weighted by Gasteiger charge is 2.39. The molecule has 0 atom stereocenters. The molecular formula is C34H38N4O3. The van der Waals surface area contributed by atoms with Gasteiger partial charge in [-0.05, 0) is 43.7 Å². The van der Waals surface area contributed by atoms with Gasteiger partial charge in [-0.25, -0.2) is 4.98 Å². The third-order valence-corrected chi connectivity index (χ3v) is 7.42. The highest BCUT2D eigenvalue weighted by molar-refractivity contribution is 6.03. The quantitative estimate of drug-likeness (QED) is 0.270. The van der Waals surface area contributed by atoms with Crippen LogP contribution in [0.3, 0.4) is 0 Å². The number of likely N-dealkylation sites (tertiary alicyclic amines) is 1. The van der Waals surface area contributed by atoms with Crippen LogP contribution >= 0.6 is 0 Å². The van der Waals surface area contributed by atoms with Gasteiger partial charge in [0.05, 0.1) is 18.9 Å². The number of anilines is 1. The molecule has 2 fully saturated rings. The Morgan fingerprint density at radius 2 is 1.49 bits per heavy atom. The molecule has 1 aromatic heterocycles. The van der Waals surface area contributed by atoms with Gasteiger partial charge >= 0.3 is 0 Å². The van der Waals surface area contributed by atoms with E-state index in [1.165, 1.54) is 5.56 Å². The zero-order valence-electron chi connectivity index (χ0n) is 23.8. The van der Waals surface area contributed by atoms with E-state index in [-0.39, 0.29) is 11.7 Å². The molecule has 2 saturated heterocycles. The topological polar surface area (TPSA) is 68.6 Å². The Balaban J connectivity index is 0.000000794. The van der Waals surface area contributed by atoms with Crippen molar-refractivity contribution in [1.82, 2.24) is 14.5 Å². The number of benzene rings is 3. The highest BCUT2D eigenvalue weighted by atomic mass is 16.7. The second kappa shape index (κ2) is 13.5. The molecule has 0 radical (unpaired) electrons. The van der Waals surface area contributed by atoms with Crippen LogP contribution < -0.4 is 5.32 Å². The van der Waals surface area contributed by atoms with Crippen molar-refractivity contribution in [3.8, 4) is 16.9 Å². The number of nitrogens with zero attached hydrogens (tertiary/aromatic N) is 3. The summed E-state index contributed by atoms with van der Waals surface area (Å²) in [6.07, 6.45) is 7.74. The zero-order valence-corrected chi connectivity index (χ0v) is 23.8. The van der Waals surface area contributed by atoms with Gasteiger partial charge in [0.15, 0.2) is 5.79 Å². The summed E-state index contributed by atoms with van der Waals surface area (Å²) in [5.41, 5.74) is 4.49. The van der Waals surface area contributed by atoms with Crippen molar-refractivity contribution in [3.05, 3.63) is 114 Å². The molecule has 4 aromatic rings. The van der Waals surface area contributed by atoms with Crippen LogP contribution in [-0.4, -0.2) is 52.4 Å². The van der Waals surface area contributed by atoms with Crippen LogP contribution in [0.25, 0.3) is 16.9 Å². The molecule has 0 aliphatic carbocycles. The standard InChI is InChI=1S/C30H30N4O3.C4H8/c35-28(25-13-11-23(12-14-25)21-33-17-15-30(16-18-33)36-19-20-37-30)32-29-31-27(24-7-3-1-4-8-24)22-34(29)26-9-5-2-6-10-26;1-3-4-2/h1-14,22H,15-21H2,(H,31,32,35);3-4H,1-2H3/b;4-3-. The molecule has 3 heterocycles. The third kappa shape index (κ3) is 7.19. The maximum Gasteiger partial charge on any atom is 0.257 e. The summed E-state index contributed by atoms with van der Waals surface area (Å²) >= 11 is 0. The SMILES string of the molecule is C/C=C\C.O=C(Nc1nc(-c2ccccc2)cn1-c1ccccc1)c1ccc(CN2CCC3(CC2)OCCO3)cc1. The van der Waals surface area contributed by atoms with Crippen LogP contribution in [0.15, 0.2) is 103 Å². The fourth-order valence-corrected chi connectivity index (χ4v) is 5.03. The third-order valence-electron chi connectivity index (χ3n) is 7.42. The fraction of sp³-hybridized carbons (Fsp3) is 0.294. The molecule has 2 aliphatic rings. The molecule has 0 saturated carbocycles. The van der Waals surface area contributed by atoms with E-state index in [1.807, 2.05) is 122 Å². The molecular weight excluding hydrogens is 512 g/mol. The van der Waals surface area contributed by atoms with Gasteiger partial charge in [-0.15, -0.1) is 0 Å². The van der Waals surface area contributed by atoms with Gasteiger partial charge in [-0.2, -0.15) is 0 Å². The Labute approximate surface area is 242 Å². The minimum absolute atomic E-state index is 0.190. The number of para-hydroxylation sites is 1. The number of allylic oxidation sites excluding steroid dienone is 2. The van der Waals surface area contributed by atoms with E-state index in [4.69, 9.17) is 14.5 Å². The maximum absolute atomic E-state index is 13.2. The number of ether oxygens (including phenoxy) is 2. The Morgan fingerprint density at radius 1 is 0.878 bits per heavy atom. The summed E-state index contributed by atoms with van der Waals surface area (Å²) in [4.78, 5) is 20.3. The molecule has 1 amide bonds. The average molecular weight is 551 g/mol. The lowest BCUT2D eigenvalue weighted by Crippen LogP contribution is -2.44. The Hall–Kier alpha value is -4.04. The van der Waals surface area contributed by atoms with Crippen molar-refractivity contribution >= 4 is 11.9 Å². The molecule has 7 nitrogen and oxygen atoms in total. The maximum atomic E-state index is 13.2. The number of hydrogen-bond donors (Lipinski definition) is 1. The number of piperidine rings is 1. The van der Waals surface area contributed by atoms with Gasteiger partial charge in [-0.3, -0.25) is 19.6 Å². The number of imidazole rings is 1. The van der Waals surface area contributed by atoms with E-state index in [2.05, 4.69) is 10.2 Å². The van der Waals surface area contributed by atoms with Crippen molar-refractivity contribution in [2.45, 2.75) is 39.0 Å². The van der Waals surface area contributed by atoms with Crippen LogP contribution in [0, 0.1) is 0 Å². The predicted octanol–water partition coefficient (Wildman–Crippen LogP) is 6.71. The summed E-state index contributed by atoms with van der Waals surface area (Å²) in [7, 11) is 0. The molecule has 7 heteroatoms. The van der Waals surface area contributed by atoms with Crippen molar-refractivity contribution in [2.24, 2.45) is 0 Å². The number of amides is 1. The van der Waals surface area contributed by atoms with E-state index in [1.54, 1.807) is 0 Å². The number of hydrogen-bond acceptors (Lipinski definition) is 5. The van der Waals surface area contributed by atoms with Crippen molar-refractivity contribution in [3.63, 3.8) is 0 Å². The van der Waals surface area contributed by atoms with Gasteiger partial charge in [0.1, 0.15) is 0 Å². The second-order valence-corrected chi connectivity index (χ2v) is 10.2. The van der Waals surface area contributed by atoms with Gasteiger partial charge < -0.3 is 9.47 Å². The minimum atomic E-state index is -0.357. The Bertz CT molecular complexity index is 1410. The highest BCUT2D eigenvalue weighted by Crippen LogP contribution is 2.32. The van der Waals surface area contributed by atoms with E-state index < -0.39 is 0 Å². The largest absolute Gasteiger partial charge is 0.347 e. The van der Waals surface area contributed by atoms with Crippen molar-refractivity contribution < 1.29 is 14.3 Å². The monoisotopic (exact) mass is 550 g/mol. The molecule has 2 aliphatic heterocycles. The van der Waals surface area contributed by atoms with E-state index >= 15 is 0 Å². The lowest BCUT2D eigenvalue weighted by atomic mass is 10.0. The smallest absolute Gasteiger partial charge is 0.257 e. The fourth-order valence-electron chi connectivity index (χ4n) is 5.03. The van der Waals surface area contributed by atoms with Gasteiger partial charge in [0.2, 0.25) is 5.95 Å². The first kappa shape index (κ1) is 28.5. The first-order valence-corrected chi connectivity index (χ1v) is 14.3.